The highest BCUT2D eigenvalue weighted by Gasteiger charge is 2.34. The number of methoxy groups -OCH3 is 1. The summed E-state index contributed by atoms with van der Waals surface area (Å²) in [6.07, 6.45) is 1.71. The number of benzene rings is 3. The molecule has 278 valence electrons. The van der Waals surface area contributed by atoms with Crippen molar-refractivity contribution in [1.82, 2.24) is 4.57 Å². The number of carboxylic acids is 1. The zero-order valence-electron chi connectivity index (χ0n) is 29.6. The molecule has 1 aliphatic rings. The molecule has 0 aliphatic carbocycles. The van der Waals surface area contributed by atoms with E-state index in [2.05, 4.69) is 25.7 Å². The SMILES string of the molecule is CCOC(=O)C1=C(C)N=c2s/c(=C\c3cc(Br)c(OCc4ccc(C(=O)O)cc4)c(OCC)c3)c(=O)n2[C@H]1c1ccc(OCC(=O)OC)c(OCC)c1. The van der Waals surface area contributed by atoms with Gasteiger partial charge in [0.25, 0.3) is 5.56 Å². The summed E-state index contributed by atoms with van der Waals surface area (Å²) in [5.41, 5.74) is 2.29. The van der Waals surface area contributed by atoms with Crippen molar-refractivity contribution in [3.05, 3.63) is 112 Å². The first kappa shape index (κ1) is 38.8. The van der Waals surface area contributed by atoms with E-state index in [4.69, 9.17) is 23.7 Å². The molecule has 0 saturated carbocycles. The molecule has 3 aromatic carbocycles. The van der Waals surface area contributed by atoms with Gasteiger partial charge in [-0.05, 0) is 103 Å². The molecular formula is C38H37BrN2O11S. The van der Waals surface area contributed by atoms with Gasteiger partial charge < -0.3 is 33.5 Å². The number of allylic oxidation sites excluding steroid dienone is 1. The largest absolute Gasteiger partial charge is 0.490 e. The van der Waals surface area contributed by atoms with E-state index >= 15 is 0 Å². The molecule has 1 atom stereocenters. The van der Waals surface area contributed by atoms with Crippen LogP contribution in [0.1, 0.15) is 60.8 Å². The third-order valence-electron chi connectivity index (χ3n) is 7.89. The van der Waals surface area contributed by atoms with E-state index < -0.39 is 29.5 Å². The van der Waals surface area contributed by atoms with Gasteiger partial charge in [0.1, 0.15) is 6.61 Å². The van der Waals surface area contributed by atoms with Crippen molar-refractivity contribution in [3.63, 3.8) is 0 Å². The first-order chi connectivity index (χ1) is 25.5. The van der Waals surface area contributed by atoms with Crippen LogP contribution >= 0.6 is 27.3 Å². The zero-order valence-corrected chi connectivity index (χ0v) is 32.0. The van der Waals surface area contributed by atoms with Gasteiger partial charge in [-0.15, -0.1) is 0 Å². The smallest absolute Gasteiger partial charge is 0.343 e. The minimum Gasteiger partial charge on any atom is -0.490 e. The maximum atomic E-state index is 14.3. The Morgan fingerprint density at radius 3 is 2.30 bits per heavy atom. The second-order valence-corrected chi connectivity index (χ2v) is 13.2. The van der Waals surface area contributed by atoms with Crippen LogP contribution in [0.2, 0.25) is 0 Å². The number of ether oxygens (including phenoxy) is 6. The Bertz CT molecular complexity index is 2240. The monoisotopic (exact) mass is 808 g/mol. The fourth-order valence-corrected chi connectivity index (χ4v) is 7.13. The first-order valence-electron chi connectivity index (χ1n) is 16.6. The van der Waals surface area contributed by atoms with Crippen molar-refractivity contribution in [2.45, 2.75) is 40.3 Å². The van der Waals surface area contributed by atoms with Crippen LogP contribution in [0.5, 0.6) is 23.0 Å². The number of carbonyl (C=O) groups is 3. The van der Waals surface area contributed by atoms with Crippen LogP contribution in [0.4, 0.5) is 0 Å². The first-order valence-corrected chi connectivity index (χ1v) is 18.2. The van der Waals surface area contributed by atoms with Gasteiger partial charge in [0.15, 0.2) is 34.4 Å². The molecule has 15 heteroatoms. The second-order valence-electron chi connectivity index (χ2n) is 11.4. The van der Waals surface area contributed by atoms with Crippen molar-refractivity contribution < 1.29 is 47.9 Å². The van der Waals surface area contributed by atoms with Gasteiger partial charge in [0.2, 0.25) is 0 Å². The number of aromatic carboxylic acids is 1. The van der Waals surface area contributed by atoms with E-state index in [-0.39, 0.29) is 43.3 Å². The Balaban J connectivity index is 1.57. The maximum Gasteiger partial charge on any atom is 0.343 e. The summed E-state index contributed by atoms with van der Waals surface area (Å²) in [7, 11) is 1.26. The Morgan fingerprint density at radius 2 is 1.64 bits per heavy atom. The standard InChI is InChI=1S/C38H37BrN2O11S/c1-6-48-28-18-25(13-14-27(28)51-20-31(42)47-5)33-32(37(46)50-8-3)21(4)40-38-41(33)35(43)30(53-38)17-23-15-26(39)34(29(16-23)49-7-2)52-19-22-9-11-24(12-10-22)36(44)45/h9-18,33H,6-8,19-20H2,1-5H3,(H,44,45)/b30-17-/t33-/m0/s1. The number of carbonyl (C=O) groups excluding carboxylic acids is 2. The lowest BCUT2D eigenvalue weighted by molar-refractivity contribution is -0.143. The number of hydrogen-bond acceptors (Lipinski definition) is 12. The molecule has 0 radical (unpaired) electrons. The fourth-order valence-electron chi connectivity index (χ4n) is 5.51. The summed E-state index contributed by atoms with van der Waals surface area (Å²) in [4.78, 5) is 55.8. The number of fused-ring (bicyclic) bond motifs is 1. The molecule has 13 nitrogen and oxygen atoms in total. The molecule has 5 rings (SSSR count). The summed E-state index contributed by atoms with van der Waals surface area (Å²) in [5.74, 6) is -0.742. The normalized spacial score (nSPS) is 13.8. The minimum absolute atomic E-state index is 0.116. The van der Waals surface area contributed by atoms with Crippen molar-refractivity contribution in [1.29, 1.82) is 0 Å². The summed E-state index contributed by atoms with van der Waals surface area (Å²) in [6.45, 7) is 7.58. The molecule has 0 amide bonds. The third kappa shape index (κ3) is 8.80. The van der Waals surface area contributed by atoms with Crippen LogP contribution in [0.15, 0.2) is 80.1 Å². The molecule has 0 saturated heterocycles. The number of carboxylic acid groups (broad SMARTS) is 1. The molecule has 53 heavy (non-hydrogen) atoms. The summed E-state index contributed by atoms with van der Waals surface area (Å²) in [6, 6.07) is 14.0. The summed E-state index contributed by atoms with van der Waals surface area (Å²) < 4.78 is 36.0. The number of aromatic nitrogens is 1. The molecule has 1 N–H and O–H groups in total. The van der Waals surface area contributed by atoms with Gasteiger partial charge in [-0.2, -0.15) is 0 Å². The number of nitrogens with zero attached hydrogens (tertiary/aromatic N) is 2. The lowest BCUT2D eigenvalue weighted by Gasteiger charge is -2.25. The van der Waals surface area contributed by atoms with Crippen molar-refractivity contribution in [2.75, 3.05) is 33.5 Å². The van der Waals surface area contributed by atoms with E-state index in [9.17, 15) is 24.3 Å². The lowest BCUT2D eigenvalue weighted by Crippen LogP contribution is -2.40. The predicted molar refractivity (Wildman–Crippen MR) is 199 cm³/mol. The van der Waals surface area contributed by atoms with Crippen LogP contribution < -0.4 is 33.8 Å². The van der Waals surface area contributed by atoms with E-state index in [1.54, 1.807) is 69.3 Å². The molecule has 0 unspecified atom stereocenters. The molecule has 0 fully saturated rings. The van der Waals surface area contributed by atoms with Gasteiger partial charge >= 0.3 is 17.9 Å². The van der Waals surface area contributed by atoms with Gasteiger partial charge in [-0.3, -0.25) is 9.36 Å². The van der Waals surface area contributed by atoms with E-state index in [0.29, 0.717) is 54.5 Å². The van der Waals surface area contributed by atoms with Crippen LogP contribution in [-0.2, 0) is 25.7 Å². The van der Waals surface area contributed by atoms with Gasteiger partial charge in [-0.25, -0.2) is 19.4 Å². The highest BCUT2D eigenvalue weighted by atomic mass is 79.9. The van der Waals surface area contributed by atoms with Crippen molar-refractivity contribution >= 4 is 51.3 Å². The molecule has 1 aromatic heterocycles. The third-order valence-corrected chi connectivity index (χ3v) is 9.46. The average molecular weight is 810 g/mol. The van der Waals surface area contributed by atoms with E-state index in [0.717, 1.165) is 16.9 Å². The highest BCUT2D eigenvalue weighted by Crippen LogP contribution is 2.39. The Morgan fingerprint density at radius 1 is 0.925 bits per heavy atom. The van der Waals surface area contributed by atoms with Crippen molar-refractivity contribution in [2.24, 2.45) is 4.99 Å². The topological polar surface area (TPSA) is 161 Å². The fraction of sp³-hybridized carbons (Fsp3) is 0.289. The minimum atomic E-state index is -1.01. The molecule has 2 heterocycles. The predicted octanol–water partition coefficient (Wildman–Crippen LogP) is 5.19. The van der Waals surface area contributed by atoms with Crippen LogP contribution in [0.3, 0.4) is 0 Å². The Kier molecular flexibility index (Phi) is 12.7. The van der Waals surface area contributed by atoms with E-state index in [1.807, 2.05) is 6.92 Å². The Hall–Kier alpha value is -5.41. The molecular weight excluding hydrogens is 772 g/mol. The van der Waals surface area contributed by atoms with Crippen molar-refractivity contribution in [3.8, 4) is 23.0 Å². The van der Waals surface area contributed by atoms with Crippen LogP contribution in [0, 0.1) is 0 Å². The average Bonchev–Trinajstić information content (AvgIpc) is 3.43. The number of thiazole rings is 1. The maximum absolute atomic E-state index is 14.3. The quantitative estimate of drug-likeness (QED) is 0.158. The summed E-state index contributed by atoms with van der Waals surface area (Å²) in [5, 5.41) is 9.19. The zero-order chi connectivity index (χ0) is 38.2. The van der Waals surface area contributed by atoms with Crippen LogP contribution in [-0.4, -0.2) is 61.1 Å². The molecule has 0 spiro atoms. The number of esters is 2. The van der Waals surface area contributed by atoms with E-state index in [1.165, 1.54) is 23.8 Å². The number of hydrogen-bond donors (Lipinski definition) is 1. The molecule has 1 aliphatic heterocycles. The van der Waals surface area contributed by atoms with Gasteiger partial charge in [0, 0.05) is 0 Å². The van der Waals surface area contributed by atoms with Gasteiger partial charge in [-0.1, -0.05) is 29.5 Å². The highest BCUT2D eigenvalue weighted by molar-refractivity contribution is 9.10. The molecule has 0 bridgehead atoms. The lowest BCUT2D eigenvalue weighted by atomic mass is 9.95. The Labute approximate surface area is 316 Å². The van der Waals surface area contributed by atoms with Crippen LogP contribution in [0.25, 0.3) is 6.08 Å². The summed E-state index contributed by atoms with van der Waals surface area (Å²) >= 11 is 4.75. The second kappa shape index (κ2) is 17.4. The number of rotatable bonds is 15. The van der Waals surface area contributed by atoms with Gasteiger partial charge in [0.05, 0.1) is 58.8 Å². The number of halogens is 1. The molecule has 4 aromatic rings.